The van der Waals surface area contributed by atoms with Gasteiger partial charge in [-0.3, -0.25) is 0 Å². The highest BCUT2D eigenvalue weighted by atomic mass is 32.2. The Bertz CT molecular complexity index is 512. The van der Waals surface area contributed by atoms with Crippen LogP contribution in [0.2, 0.25) is 0 Å². The zero-order chi connectivity index (χ0) is 13.9. The average molecular weight is 287 g/mol. The lowest BCUT2D eigenvalue weighted by Gasteiger charge is -2.20. The fourth-order valence-corrected chi connectivity index (χ4v) is 3.94. The predicted octanol–water partition coefficient (Wildman–Crippen LogP) is 0.797. The molecule has 19 heavy (non-hydrogen) atoms. The van der Waals surface area contributed by atoms with Crippen molar-refractivity contribution in [2.75, 3.05) is 30.0 Å². The molecule has 0 aliphatic carbocycles. The molecule has 108 valence electrons. The van der Waals surface area contributed by atoms with E-state index in [0.29, 0.717) is 19.0 Å². The van der Waals surface area contributed by atoms with E-state index in [0.717, 1.165) is 18.7 Å². The minimum absolute atomic E-state index is 0.0277. The second-order valence-electron chi connectivity index (χ2n) is 4.97. The normalized spacial score (nSPS) is 21.7. The third kappa shape index (κ3) is 3.70. The molecule has 0 aromatic carbocycles. The summed E-state index contributed by atoms with van der Waals surface area (Å²) in [4.78, 5) is 6.20. The van der Waals surface area contributed by atoms with Crippen LogP contribution in [0, 0.1) is 0 Å². The molecule has 2 rings (SSSR count). The fourth-order valence-electron chi connectivity index (χ4n) is 2.17. The topological polar surface area (TPSA) is 75.4 Å². The molecule has 0 radical (unpaired) electrons. The molecule has 1 N–H and O–H groups in total. The average Bonchev–Trinajstić information content (AvgIpc) is 2.95. The number of nitrogens with one attached hydrogen (secondary N) is 1. The van der Waals surface area contributed by atoms with Crippen LogP contribution in [-0.2, 0) is 16.4 Å². The largest absolute Gasteiger partial charge is 0.432 e. The summed E-state index contributed by atoms with van der Waals surface area (Å²) < 4.78 is 28.4. The van der Waals surface area contributed by atoms with Gasteiger partial charge in [-0.15, -0.1) is 0 Å². The molecule has 1 atom stereocenters. The maximum Gasteiger partial charge on any atom is 0.297 e. The van der Waals surface area contributed by atoms with Crippen LogP contribution in [0.5, 0.6) is 0 Å². The Labute approximate surface area is 114 Å². The molecule has 0 spiro atoms. The number of aromatic nitrogens is 1. The van der Waals surface area contributed by atoms with Crippen LogP contribution in [-0.4, -0.2) is 44.5 Å². The zero-order valence-corrected chi connectivity index (χ0v) is 12.2. The number of oxazole rings is 1. The summed E-state index contributed by atoms with van der Waals surface area (Å²) in [6.45, 7) is 3.72. The molecule has 0 amide bonds. The van der Waals surface area contributed by atoms with Crippen molar-refractivity contribution in [3.05, 3.63) is 12.0 Å². The van der Waals surface area contributed by atoms with Gasteiger partial charge in [0.15, 0.2) is 9.84 Å². The van der Waals surface area contributed by atoms with Gasteiger partial charge in [-0.25, -0.2) is 8.42 Å². The molecular weight excluding hydrogens is 266 g/mol. The van der Waals surface area contributed by atoms with Gasteiger partial charge in [-0.2, -0.15) is 4.98 Å². The number of sulfone groups is 1. The minimum atomic E-state index is -2.88. The Morgan fingerprint density at radius 2 is 2.37 bits per heavy atom. The van der Waals surface area contributed by atoms with Crippen molar-refractivity contribution in [2.24, 2.45) is 0 Å². The molecule has 1 aromatic rings. The highest BCUT2D eigenvalue weighted by Crippen LogP contribution is 2.22. The number of anilines is 1. The van der Waals surface area contributed by atoms with Gasteiger partial charge in [0.25, 0.3) is 6.01 Å². The highest BCUT2D eigenvalue weighted by Gasteiger charge is 2.32. The van der Waals surface area contributed by atoms with Gasteiger partial charge in [0, 0.05) is 19.6 Å². The third-order valence-corrected chi connectivity index (χ3v) is 5.08. The lowest BCUT2D eigenvalue weighted by atomic mass is 10.2. The molecular formula is C12H21N3O3S. The van der Waals surface area contributed by atoms with E-state index in [2.05, 4.69) is 17.2 Å². The van der Waals surface area contributed by atoms with E-state index in [1.165, 1.54) is 0 Å². The Hall–Kier alpha value is -1.08. The predicted molar refractivity (Wildman–Crippen MR) is 74.0 cm³/mol. The molecule has 1 aromatic heterocycles. The quantitative estimate of drug-likeness (QED) is 0.780. The Morgan fingerprint density at radius 3 is 3.00 bits per heavy atom. The van der Waals surface area contributed by atoms with Gasteiger partial charge in [0.1, 0.15) is 6.26 Å². The highest BCUT2D eigenvalue weighted by molar-refractivity contribution is 7.91. The second-order valence-corrected chi connectivity index (χ2v) is 7.19. The van der Waals surface area contributed by atoms with Gasteiger partial charge >= 0.3 is 0 Å². The van der Waals surface area contributed by atoms with E-state index in [9.17, 15) is 8.42 Å². The maximum absolute atomic E-state index is 11.5. The Balaban J connectivity index is 1.94. The van der Waals surface area contributed by atoms with E-state index in [1.54, 1.807) is 6.26 Å². The summed E-state index contributed by atoms with van der Waals surface area (Å²) in [5.74, 6) is 0.447. The standard InChI is InChI=1S/C12H21N3O3S/c1-3-5-13-7-10-8-18-12(14-10)15(2)11-4-6-19(16,17)9-11/h8,11,13H,3-7,9H2,1-2H3. The monoisotopic (exact) mass is 287 g/mol. The molecule has 7 heteroatoms. The number of rotatable bonds is 6. The van der Waals surface area contributed by atoms with Crippen LogP contribution in [0.1, 0.15) is 25.5 Å². The first kappa shape index (κ1) is 14.3. The van der Waals surface area contributed by atoms with Crippen molar-refractivity contribution < 1.29 is 12.8 Å². The van der Waals surface area contributed by atoms with Crippen molar-refractivity contribution in [3.8, 4) is 0 Å². The van der Waals surface area contributed by atoms with Crippen LogP contribution < -0.4 is 10.2 Å². The second kappa shape index (κ2) is 5.92. The molecule has 1 saturated heterocycles. The summed E-state index contributed by atoms with van der Waals surface area (Å²) in [5, 5.41) is 3.25. The molecule has 2 heterocycles. The van der Waals surface area contributed by atoms with Crippen LogP contribution in [0.15, 0.2) is 10.7 Å². The van der Waals surface area contributed by atoms with Crippen LogP contribution >= 0.6 is 0 Å². The Morgan fingerprint density at radius 1 is 1.58 bits per heavy atom. The van der Waals surface area contributed by atoms with Gasteiger partial charge in [-0.1, -0.05) is 6.92 Å². The summed E-state index contributed by atoms with van der Waals surface area (Å²) in [6, 6.07) is 0.468. The van der Waals surface area contributed by atoms with E-state index in [1.807, 2.05) is 11.9 Å². The van der Waals surface area contributed by atoms with E-state index < -0.39 is 9.84 Å². The zero-order valence-electron chi connectivity index (χ0n) is 11.4. The molecule has 1 aliphatic rings. The number of hydrogen-bond acceptors (Lipinski definition) is 6. The van der Waals surface area contributed by atoms with Crippen LogP contribution in [0.25, 0.3) is 0 Å². The molecule has 0 saturated carbocycles. The van der Waals surface area contributed by atoms with E-state index >= 15 is 0 Å². The van der Waals surface area contributed by atoms with Crippen molar-refractivity contribution >= 4 is 15.9 Å². The summed E-state index contributed by atoms with van der Waals surface area (Å²) >= 11 is 0. The van der Waals surface area contributed by atoms with Crippen molar-refractivity contribution in [1.29, 1.82) is 0 Å². The van der Waals surface area contributed by atoms with Crippen LogP contribution in [0.4, 0.5) is 6.01 Å². The third-order valence-electron chi connectivity index (χ3n) is 3.33. The number of hydrogen-bond donors (Lipinski definition) is 1. The van der Waals surface area contributed by atoms with Crippen LogP contribution in [0.3, 0.4) is 0 Å². The smallest absolute Gasteiger partial charge is 0.297 e. The molecule has 6 nitrogen and oxygen atoms in total. The van der Waals surface area contributed by atoms with Gasteiger partial charge in [0.2, 0.25) is 0 Å². The molecule has 1 aliphatic heterocycles. The summed E-state index contributed by atoms with van der Waals surface area (Å²) in [5.41, 5.74) is 0.844. The van der Waals surface area contributed by atoms with Gasteiger partial charge < -0.3 is 14.6 Å². The first-order valence-electron chi connectivity index (χ1n) is 6.60. The lowest BCUT2D eigenvalue weighted by molar-refractivity contribution is 0.521. The summed E-state index contributed by atoms with van der Waals surface area (Å²) in [6.07, 6.45) is 3.34. The van der Waals surface area contributed by atoms with Crippen molar-refractivity contribution in [1.82, 2.24) is 10.3 Å². The SMILES string of the molecule is CCCNCc1coc(N(C)C2CCS(=O)(=O)C2)n1. The van der Waals surface area contributed by atoms with E-state index in [4.69, 9.17) is 4.42 Å². The molecule has 0 bridgehead atoms. The first-order chi connectivity index (χ1) is 9.02. The first-order valence-corrected chi connectivity index (χ1v) is 8.42. The fraction of sp³-hybridized carbons (Fsp3) is 0.750. The Kier molecular flexibility index (Phi) is 4.46. The minimum Gasteiger partial charge on any atom is -0.432 e. The van der Waals surface area contributed by atoms with Gasteiger partial charge in [0.05, 0.1) is 17.2 Å². The molecule has 1 unspecified atom stereocenters. The maximum atomic E-state index is 11.5. The summed E-state index contributed by atoms with van der Waals surface area (Å²) in [7, 11) is -1.05. The lowest BCUT2D eigenvalue weighted by Crippen LogP contribution is -2.32. The van der Waals surface area contributed by atoms with Crippen molar-refractivity contribution in [3.63, 3.8) is 0 Å². The number of nitrogens with zero attached hydrogens (tertiary/aromatic N) is 2. The molecule has 1 fully saturated rings. The van der Waals surface area contributed by atoms with E-state index in [-0.39, 0.29) is 17.5 Å². The van der Waals surface area contributed by atoms with Crippen molar-refractivity contribution in [2.45, 2.75) is 32.4 Å². The van der Waals surface area contributed by atoms with Gasteiger partial charge in [-0.05, 0) is 19.4 Å².